The average Bonchev–Trinajstić information content (AvgIpc) is 2.87. The van der Waals surface area contributed by atoms with Gasteiger partial charge < -0.3 is 19.6 Å². The number of nitrogens with zero attached hydrogens (tertiary/aromatic N) is 2. The van der Waals surface area contributed by atoms with E-state index < -0.39 is 18.0 Å². The summed E-state index contributed by atoms with van der Waals surface area (Å²) in [7, 11) is 1.28. The molecular weight excluding hydrogens is 424 g/mol. The molecule has 0 spiro atoms. The standard InChI is InChI=1S/C24H26N4O5/c1-31-23(30)20(28-33-22(29)19-11-6-3-7-12-19)13-8-15-25-24-26-16-14-21(27-24)32-17-18-9-4-2-5-10-18/h2-7,9-12,14,16,20,28H,8,13,15,17H2,1H3,(H,25,26,27). The Hall–Kier alpha value is -3.98. The van der Waals surface area contributed by atoms with Gasteiger partial charge in [0, 0.05) is 18.8 Å². The predicted molar refractivity (Wildman–Crippen MR) is 121 cm³/mol. The molecule has 2 N–H and O–H groups in total. The molecule has 0 fully saturated rings. The number of anilines is 1. The molecule has 3 aromatic rings. The average molecular weight is 450 g/mol. The van der Waals surface area contributed by atoms with E-state index in [1.807, 2.05) is 30.3 Å². The van der Waals surface area contributed by atoms with Crippen molar-refractivity contribution in [1.29, 1.82) is 0 Å². The topological polar surface area (TPSA) is 112 Å². The molecule has 1 atom stereocenters. The minimum absolute atomic E-state index is 0.367. The molecule has 0 aliphatic carbocycles. The molecule has 33 heavy (non-hydrogen) atoms. The van der Waals surface area contributed by atoms with Crippen LogP contribution in [-0.4, -0.2) is 41.6 Å². The molecule has 0 aliphatic rings. The molecule has 0 amide bonds. The van der Waals surface area contributed by atoms with Crippen molar-refractivity contribution in [2.24, 2.45) is 0 Å². The van der Waals surface area contributed by atoms with Crippen LogP contribution >= 0.6 is 0 Å². The molecular formula is C24H26N4O5. The number of carbonyl (C=O) groups is 2. The molecule has 0 saturated heterocycles. The lowest BCUT2D eigenvalue weighted by molar-refractivity contribution is -0.146. The third kappa shape index (κ3) is 7.89. The molecule has 0 bridgehead atoms. The van der Waals surface area contributed by atoms with E-state index in [1.165, 1.54) is 7.11 Å². The van der Waals surface area contributed by atoms with Gasteiger partial charge in [0.15, 0.2) is 0 Å². The second-order valence-electron chi connectivity index (χ2n) is 7.01. The molecule has 172 valence electrons. The SMILES string of the molecule is COC(=O)C(CCCNc1nccc(OCc2ccccc2)n1)NOC(=O)c1ccccc1. The Morgan fingerprint density at radius 2 is 1.73 bits per heavy atom. The van der Waals surface area contributed by atoms with Crippen LogP contribution in [0.15, 0.2) is 72.9 Å². The minimum Gasteiger partial charge on any atom is -0.473 e. The predicted octanol–water partition coefficient (Wildman–Crippen LogP) is 3.15. The summed E-state index contributed by atoms with van der Waals surface area (Å²) in [5.41, 5.74) is 3.92. The van der Waals surface area contributed by atoms with Crippen molar-refractivity contribution in [2.75, 3.05) is 19.0 Å². The Bertz CT molecular complexity index is 1020. The summed E-state index contributed by atoms with van der Waals surface area (Å²) in [6.07, 6.45) is 2.54. The number of methoxy groups -OCH3 is 1. The molecule has 1 heterocycles. The fourth-order valence-corrected chi connectivity index (χ4v) is 2.87. The summed E-state index contributed by atoms with van der Waals surface area (Å²) in [5, 5.41) is 3.10. The lowest BCUT2D eigenvalue weighted by atomic mass is 10.1. The number of hydrogen-bond donors (Lipinski definition) is 2. The molecule has 1 aromatic heterocycles. The van der Waals surface area contributed by atoms with Crippen LogP contribution in [0.3, 0.4) is 0 Å². The Morgan fingerprint density at radius 1 is 1.00 bits per heavy atom. The number of hydrogen-bond acceptors (Lipinski definition) is 9. The summed E-state index contributed by atoms with van der Waals surface area (Å²) in [4.78, 5) is 37.7. The molecule has 9 nitrogen and oxygen atoms in total. The number of nitrogens with one attached hydrogen (secondary N) is 2. The van der Waals surface area contributed by atoms with Crippen LogP contribution in [0.25, 0.3) is 0 Å². The highest BCUT2D eigenvalue weighted by Gasteiger charge is 2.21. The van der Waals surface area contributed by atoms with E-state index in [0.29, 0.717) is 43.4 Å². The van der Waals surface area contributed by atoms with Gasteiger partial charge in [0.25, 0.3) is 0 Å². The molecule has 0 saturated carbocycles. The van der Waals surface area contributed by atoms with Crippen molar-refractivity contribution in [3.8, 4) is 5.88 Å². The smallest absolute Gasteiger partial charge is 0.356 e. The first-order valence-electron chi connectivity index (χ1n) is 10.5. The zero-order chi connectivity index (χ0) is 23.3. The Labute approximate surface area is 192 Å². The third-order valence-electron chi connectivity index (χ3n) is 4.60. The number of benzene rings is 2. The minimum atomic E-state index is -0.800. The second kappa shape index (κ2) is 12.8. The maximum absolute atomic E-state index is 12.1. The molecule has 1 unspecified atom stereocenters. The second-order valence-corrected chi connectivity index (χ2v) is 7.01. The van der Waals surface area contributed by atoms with E-state index in [0.717, 1.165) is 5.56 Å². The van der Waals surface area contributed by atoms with Crippen molar-refractivity contribution in [3.63, 3.8) is 0 Å². The maximum atomic E-state index is 12.1. The molecule has 0 aliphatic heterocycles. The van der Waals surface area contributed by atoms with Gasteiger partial charge in [-0.05, 0) is 30.5 Å². The van der Waals surface area contributed by atoms with Crippen LogP contribution in [0.5, 0.6) is 5.88 Å². The fourth-order valence-electron chi connectivity index (χ4n) is 2.87. The van der Waals surface area contributed by atoms with Crippen LogP contribution in [0, 0.1) is 0 Å². The van der Waals surface area contributed by atoms with E-state index in [-0.39, 0.29) is 0 Å². The Morgan fingerprint density at radius 3 is 2.45 bits per heavy atom. The van der Waals surface area contributed by atoms with E-state index in [9.17, 15) is 9.59 Å². The highest BCUT2D eigenvalue weighted by Crippen LogP contribution is 2.11. The monoisotopic (exact) mass is 450 g/mol. The van der Waals surface area contributed by atoms with E-state index in [1.54, 1.807) is 42.6 Å². The first-order chi connectivity index (χ1) is 16.2. The van der Waals surface area contributed by atoms with Crippen molar-refractivity contribution in [3.05, 3.63) is 84.1 Å². The van der Waals surface area contributed by atoms with Gasteiger partial charge >= 0.3 is 11.9 Å². The summed E-state index contributed by atoms with van der Waals surface area (Å²) in [6, 6.07) is 19.2. The highest BCUT2D eigenvalue weighted by atomic mass is 16.7. The van der Waals surface area contributed by atoms with Crippen molar-refractivity contribution in [2.45, 2.75) is 25.5 Å². The first-order valence-corrected chi connectivity index (χ1v) is 10.5. The zero-order valence-electron chi connectivity index (χ0n) is 18.3. The van der Waals surface area contributed by atoms with Crippen molar-refractivity contribution in [1.82, 2.24) is 15.4 Å². The molecule has 2 aromatic carbocycles. The lowest BCUT2D eigenvalue weighted by Crippen LogP contribution is -2.39. The summed E-state index contributed by atoms with van der Waals surface area (Å²) in [6.45, 7) is 0.898. The van der Waals surface area contributed by atoms with Gasteiger partial charge in [0.1, 0.15) is 12.6 Å². The largest absolute Gasteiger partial charge is 0.473 e. The quantitative estimate of drug-likeness (QED) is 0.244. The zero-order valence-corrected chi connectivity index (χ0v) is 18.3. The van der Waals surface area contributed by atoms with Crippen LogP contribution in [0.4, 0.5) is 5.95 Å². The number of rotatable bonds is 12. The first kappa shape index (κ1) is 23.7. The van der Waals surface area contributed by atoms with Gasteiger partial charge in [-0.2, -0.15) is 4.98 Å². The third-order valence-corrected chi connectivity index (χ3v) is 4.60. The van der Waals surface area contributed by atoms with E-state index in [2.05, 4.69) is 20.8 Å². The van der Waals surface area contributed by atoms with Crippen molar-refractivity contribution >= 4 is 17.9 Å². The van der Waals surface area contributed by atoms with Gasteiger partial charge in [-0.1, -0.05) is 48.5 Å². The number of hydroxylamine groups is 1. The highest BCUT2D eigenvalue weighted by molar-refractivity contribution is 5.89. The Kier molecular flexibility index (Phi) is 9.16. The van der Waals surface area contributed by atoms with Crippen LogP contribution in [0.1, 0.15) is 28.8 Å². The normalized spacial score (nSPS) is 11.3. The van der Waals surface area contributed by atoms with Gasteiger partial charge in [-0.15, -0.1) is 5.48 Å². The number of esters is 1. The summed E-state index contributed by atoms with van der Waals surface area (Å²) < 4.78 is 10.5. The van der Waals surface area contributed by atoms with Gasteiger partial charge in [0.05, 0.1) is 12.7 Å². The molecule has 9 heteroatoms. The molecule has 0 radical (unpaired) electrons. The van der Waals surface area contributed by atoms with E-state index >= 15 is 0 Å². The van der Waals surface area contributed by atoms with E-state index in [4.69, 9.17) is 14.3 Å². The van der Waals surface area contributed by atoms with Crippen LogP contribution in [0.2, 0.25) is 0 Å². The lowest BCUT2D eigenvalue weighted by Gasteiger charge is -2.16. The van der Waals surface area contributed by atoms with Crippen molar-refractivity contribution < 1.29 is 23.9 Å². The number of aromatic nitrogens is 2. The van der Waals surface area contributed by atoms with Crippen LogP contribution in [-0.2, 0) is 21.0 Å². The Balaban J connectivity index is 1.43. The maximum Gasteiger partial charge on any atom is 0.356 e. The van der Waals surface area contributed by atoms with Gasteiger partial charge in [-0.3, -0.25) is 4.79 Å². The van der Waals surface area contributed by atoms with Gasteiger partial charge in [0.2, 0.25) is 11.8 Å². The fraction of sp³-hybridized carbons (Fsp3) is 0.250. The molecule has 3 rings (SSSR count). The number of ether oxygens (including phenoxy) is 2. The summed E-state index contributed by atoms with van der Waals surface area (Å²) in [5.74, 6) is -0.233. The van der Waals surface area contributed by atoms with Gasteiger partial charge in [-0.25, -0.2) is 9.78 Å². The summed E-state index contributed by atoms with van der Waals surface area (Å²) >= 11 is 0. The number of carbonyl (C=O) groups excluding carboxylic acids is 2. The van der Waals surface area contributed by atoms with Crippen LogP contribution < -0.4 is 15.5 Å².